The van der Waals surface area contributed by atoms with Crippen molar-refractivity contribution in [2.75, 3.05) is 0 Å². The Morgan fingerprint density at radius 1 is 1.53 bits per heavy atom. The van der Waals surface area contributed by atoms with Crippen LogP contribution in [0.5, 0.6) is 0 Å². The lowest BCUT2D eigenvalue weighted by molar-refractivity contribution is 0.523. The summed E-state index contributed by atoms with van der Waals surface area (Å²) in [5.74, 6) is 6.75. The van der Waals surface area contributed by atoms with Crippen LogP contribution >= 0.6 is 43.2 Å². The molecule has 104 valence electrons. The first-order chi connectivity index (χ1) is 9.15. The van der Waals surface area contributed by atoms with E-state index in [1.165, 1.54) is 4.88 Å². The van der Waals surface area contributed by atoms with Crippen LogP contribution in [-0.4, -0.2) is 9.55 Å². The fourth-order valence-corrected chi connectivity index (χ4v) is 4.08. The van der Waals surface area contributed by atoms with Gasteiger partial charge in [0.05, 0.1) is 9.83 Å². The first-order valence-electron chi connectivity index (χ1n) is 6.06. The molecule has 0 spiro atoms. The third-order valence-electron chi connectivity index (χ3n) is 2.86. The number of hydrogen-bond acceptors (Lipinski definition) is 4. The second kappa shape index (κ2) is 6.99. The van der Waals surface area contributed by atoms with Gasteiger partial charge in [-0.1, -0.05) is 6.92 Å². The lowest BCUT2D eigenvalue weighted by atomic mass is 10.1. The highest BCUT2D eigenvalue weighted by Gasteiger charge is 2.17. The standard InChI is InChI=1S/C12H16Br2N4S/c1-2-4-18-5-3-16-11(18)7-9(17-15)10-6-8(13)12(14)19-10/h3,5-6,9,17H,2,4,7,15H2,1H3. The van der Waals surface area contributed by atoms with Crippen LogP contribution in [0.4, 0.5) is 0 Å². The van der Waals surface area contributed by atoms with Crippen molar-refractivity contribution < 1.29 is 0 Å². The lowest BCUT2D eigenvalue weighted by Gasteiger charge is -2.15. The number of aromatic nitrogens is 2. The van der Waals surface area contributed by atoms with E-state index in [0.717, 1.165) is 33.5 Å². The summed E-state index contributed by atoms with van der Waals surface area (Å²) in [7, 11) is 0. The summed E-state index contributed by atoms with van der Waals surface area (Å²) >= 11 is 8.70. The Labute approximate surface area is 133 Å². The van der Waals surface area contributed by atoms with Gasteiger partial charge in [-0.25, -0.2) is 4.98 Å². The summed E-state index contributed by atoms with van der Waals surface area (Å²) < 4.78 is 4.33. The molecule has 0 saturated heterocycles. The Hall–Kier alpha value is -0.210. The molecule has 0 radical (unpaired) electrons. The molecule has 2 rings (SSSR count). The maximum absolute atomic E-state index is 5.69. The third-order valence-corrected chi connectivity index (χ3v) is 6.23. The van der Waals surface area contributed by atoms with Crippen LogP contribution in [0.3, 0.4) is 0 Å². The largest absolute Gasteiger partial charge is 0.335 e. The molecule has 2 heterocycles. The molecule has 0 fully saturated rings. The Morgan fingerprint density at radius 2 is 2.32 bits per heavy atom. The molecule has 1 unspecified atom stereocenters. The van der Waals surface area contributed by atoms with Gasteiger partial charge in [0.1, 0.15) is 5.82 Å². The van der Waals surface area contributed by atoms with Crippen molar-refractivity contribution in [1.29, 1.82) is 0 Å². The van der Waals surface area contributed by atoms with E-state index < -0.39 is 0 Å². The highest BCUT2D eigenvalue weighted by atomic mass is 79.9. The summed E-state index contributed by atoms with van der Waals surface area (Å²) in [6.45, 7) is 3.15. The number of thiophene rings is 1. The van der Waals surface area contributed by atoms with Gasteiger partial charge in [0.25, 0.3) is 0 Å². The van der Waals surface area contributed by atoms with Gasteiger partial charge in [0, 0.05) is 34.7 Å². The van der Waals surface area contributed by atoms with Crippen LogP contribution in [0, 0.1) is 0 Å². The first kappa shape index (κ1) is 15.2. The number of aryl methyl sites for hydroxylation is 1. The van der Waals surface area contributed by atoms with Gasteiger partial charge in [-0.05, 0) is 44.3 Å². The molecule has 0 aliphatic rings. The van der Waals surface area contributed by atoms with Crippen molar-refractivity contribution in [1.82, 2.24) is 15.0 Å². The Morgan fingerprint density at radius 3 is 2.89 bits per heavy atom. The van der Waals surface area contributed by atoms with Crippen LogP contribution in [0.25, 0.3) is 0 Å². The van der Waals surface area contributed by atoms with Gasteiger partial charge in [0.15, 0.2) is 0 Å². The average molecular weight is 408 g/mol. The molecule has 4 nitrogen and oxygen atoms in total. The topological polar surface area (TPSA) is 55.9 Å². The molecule has 0 amide bonds. The average Bonchev–Trinajstić information content (AvgIpc) is 2.95. The van der Waals surface area contributed by atoms with Gasteiger partial charge in [-0.3, -0.25) is 11.3 Å². The molecule has 0 aliphatic heterocycles. The van der Waals surface area contributed by atoms with E-state index in [2.05, 4.69) is 59.8 Å². The molecule has 2 aromatic rings. The molecule has 0 saturated carbocycles. The van der Waals surface area contributed by atoms with E-state index in [4.69, 9.17) is 5.84 Å². The van der Waals surface area contributed by atoms with Crippen molar-refractivity contribution in [3.63, 3.8) is 0 Å². The zero-order chi connectivity index (χ0) is 13.8. The minimum absolute atomic E-state index is 0.0746. The zero-order valence-electron chi connectivity index (χ0n) is 10.6. The Balaban J connectivity index is 2.16. The van der Waals surface area contributed by atoms with Crippen molar-refractivity contribution in [2.24, 2.45) is 5.84 Å². The number of nitrogens with one attached hydrogen (secondary N) is 1. The van der Waals surface area contributed by atoms with Gasteiger partial charge in [0.2, 0.25) is 0 Å². The Bertz CT molecular complexity index is 518. The number of hydrazine groups is 1. The summed E-state index contributed by atoms with van der Waals surface area (Å²) in [4.78, 5) is 5.61. The highest BCUT2D eigenvalue weighted by Crippen LogP contribution is 2.36. The number of nitrogens with two attached hydrogens (primary N) is 1. The van der Waals surface area contributed by atoms with Gasteiger partial charge in [-0.15, -0.1) is 11.3 Å². The molecular weight excluding hydrogens is 392 g/mol. The molecule has 1 atom stereocenters. The monoisotopic (exact) mass is 406 g/mol. The summed E-state index contributed by atoms with van der Waals surface area (Å²) in [5, 5.41) is 0. The van der Waals surface area contributed by atoms with Crippen molar-refractivity contribution in [3.05, 3.63) is 37.4 Å². The summed E-state index contributed by atoms with van der Waals surface area (Å²) in [6.07, 6.45) is 5.74. The predicted molar refractivity (Wildman–Crippen MR) is 86.0 cm³/mol. The minimum atomic E-state index is 0.0746. The third kappa shape index (κ3) is 3.66. The van der Waals surface area contributed by atoms with Gasteiger partial charge in [-0.2, -0.15) is 0 Å². The number of hydrogen-bond donors (Lipinski definition) is 2. The number of rotatable bonds is 6. The number of imidazole rings is 1. The van der Waals surface area contributed by atoms with Crippen LogP contribution in [0.1, 0.15) is 30.1 Å². The van der Waals surface area contributed by atoms with Crippen molar-refractivity contribution in [3.8, 4) is 0 Å². The fourth-order valence-electron chi connectivity index (χ4n) is 1.93. The van der Waals surface area contributed by atoms with E-state index in [1.54, 1.807) is 11.3 Å². The van der Waals surface area contributed by atoms with Crippen LogP contribution < -0.4 is 11.3 Å². The van der Waals surface area contributed by atoms with Crippen LogP contribution in [-0.2, 0) is 13.0 Å². The van der Waals surface area contributed by atoms with E-state index >= 15 is 0 Å². The molecule has 0 aliphatic carbocycles. The van der Waals surface area contributed by atoms with Crippen LogP contribution in [0.15, 0.2) is 26.7 Å². The molecule has 2 aromatic heterocycles. The Kier molecular flexibility index (Phi) is 5.58. The minimum Gasteiger partial charge on any atom is -0.335 e. The van der Waals surface area contributed by atoms with E-state index in [0.29, 0.717) is 0 Å². The van der Waals surface area contributed by atoms with Crippen molar-refractivity contribution >= 4 is 43.2 Å². The molecule has 0 bridgehead atoms. The molecular formula is C12H16Br2N4S. The normalized spacial score (nSPS) is 12.8. The van der Waals surface area contributed by atoms with E-state index in [-0.39, 0.29) is 6.04 Å². The number of halogens is 2. The quantitative estimate of drug-likeness (QED) is 0.567. The van der Waals surface area contributed by atoms with E-state index in [1.807, 2.05) is 12.4 Å². The first-order valence-corrected chi connectivity index (χ1v) is 8.46. The fraction of sp³-hybridized carbons (Fsp3) is 0.417. The van der Waals surface area contributed by atoms with Crippen LogP contribution in [0.2, 0.25) is 0 Å². The molecule has 3 N–H and O–H groups in total. The molecule has 19 heavy (non-hydrogen) atoms. The molecule has 7 heteroatoms. The van der Waals surface area contributed by atoms with E-state index in [9.17, 15) is 0 Å². The van der Waals surface area contributed by atoms with Gasteiger partial charge >= 0.3 is 0 Å². The zero-order valence-corrected chi connectivity index (χ0v) is 14.6. The lowest BCUT2D eigenvalue weighted by Crippen LogP contribution is -2.29. The maximum Gasteiger partial charge on any atom is 0.110 e. The number of nitrogens with zero attached hydrogens (tertiary/aromatic N) is 2. The smallest absolute Gasteiger partial charge is 0.110 e. The summed E-state index contributed by atoms with van der Waals surface area (Å²) in [6, 6.07) is 2.16. The SMILES string of the molecule is CCCn1ccnc1CC(NN)c1cc(Br)c(Br)s1. The summed E-state index contributed by atoms with van der Waals surface area (Å²) in [5.41, 5.74) is 2.88. The van der Waals surface area contributed by atoms with Crippen molar-refractivity contribution in [2.45, 2.75) is 32.4 Å². The second-order valence-corrected chi connectivity index (χ2v) is 7.49. The highest BCUT2D eigenvalue weighted by molar-refractivity contribution is 9.13. The molecule has 0 aromatic carbocycles. The maximum atomic E-state index is 5.69. The van der Waals surface area contributed by atoms with Gasteiger partial charge < -0.3 is 4.57 Å². The second-order valence-electron chi connectivity index (χ2n) is 4.23. The predicted octanol–water partition coefficient (Wildman–Crippen LogP) is 3.63.